The van der Waals surface area contributed by atoms with Crippen molar-refractivity contribution in [1.29, 1.82) is 0 Å². The van der Waals surface area contributed by atoms with Crippen molar-refractivity contribution in [3.05, 3.63) is 29.8 Å². The van der Waals surface area contributed by atoms with Crippen LogP contribution < -0.4 is 5.73 Å². The molecule has 0 radical (unpaired) electrons. The smallest absolute Gasteiger partial charge is 0.329 e. The van der Waals surface area contributed by atoms with E-state index in [1.54, 1.807) is 49.9 Å². The van der Waals surface area contributed by atoms with Crippen LogP contribution in [0.1, 0.15) is 100 Å². The molecule has 2 rings (SSSR count). The lowest BCUT2D eigenvalue weighted by Crippen LogP contribution is -2.54. The van der Waals surface area contributed by atoms with Gasteiger partial charge in [-0.15, -0.1) is 0 Å². The zero-order chi connectivity index (χ0) is 45.6. The summed E-state index contributed by atoms with van der Waals surface area (Å²) in [6, 6.07) is 3.58. The zero-order valence-electron chi connectivity index (χ0n) is 38.8. The number of likely N-dealkylation sites (N-methyl/N-ethyl adjacent to an activating group) is 4. The van der Waals surface area contributed by atoms with E-state index < -0.39 is 84.8 Å². The van der Waals surface area contributed by atoms with Crippen LogP contribution in [-0.4, -0.2) is 146 Å². The van der Waals surface area contributed by atoms with Gasteiger partial charge in [-0.1, -0.05) is 67.5 Å². The number of anilines is 1. The van der Waals surface area contributed by atoms with Gasteiger partial charge in [0, 0.05) is 39.3 Å². The van der Waals surface area contributed by atoms with Gasteiger partial charge in [0.15, 0.2) is 13.2 Å². The second-order valence-corrected chi connectivity index (χ2v) is 18.7. The van der Waals surface area contributed by atoms with Crippen LogP contribution in [0.2, 0.25) is 0 Å². The van der Waals surface area contributed by atoms with E-state index in [4.69, 9.17) is 24.7 Å². The average Bonchev–Trinajstić information content (AvgIpc) is 3.14. The molecule has 0 bridgehead atoms. The molecule has 1 fully saturated rings. The Hall–Kier alpha value is -4.24. The minimum Gasteiger partial charge on any atom is -0.460 e. The number of amides is 2. The van der Waals surface area contributed by atoms with E-state index >= 15 is 0 Å². The number of benzene rings is 1. The molecule has 6 atom stereocenters. The summed E-state index contributed by atoms with van der Waals surface area (Å²) in [5.41, 5.74) is 6.12. The van der Waals surface area contributed by atoms with E-state index in [0.29, 0.717) is 24.9 Å². The second kappa shape index (κ2) is 23.7. The first-order chi connectivity index (χ1) is 27.8. The number of esters is 4. The van der Waals surface area contributed by atoms with Crippen molar-refractivity contribution in [2.45, 2.75) is 137 Å². The van der Waals surface area contributed by atoms with Gasteiger partial charge in [-0.3, -0.25) is 29.0 Å². The molecule has 1 aromatic rings. The fourth-order valence-corrected chi connectivity index (χ4v) is 7.52. The monoisotopic (exact) mass is 846 g/mol. The number of carbonyl (C=O) groups is 6. The Morgan fingerprint density at radius 1 is 0.617 bits per heavy atom. The van der Waals surface area contributed by atoms with Crippen LogP contribution in [0.4, 0.5) is 5.69 Å². The Morgan fingerprint density at radius 3 is 1.45 bits per heavy atom. The van der Waals surface area contributed by atoms with Gasteiger partial charge < -0.3 is 34.5 Å². The van der Waals surface area contributed by atoms with Crippen LogP contribution >= 0.6 is 0 Å². The summed E-state index contributed by atoms with van der Waals surface area (Å²) in [7, 11) is 6.43. The van der Waals surface area contributed by atoms with Crippen LogP contribution in [0, 0.1) is 23.7 Å². The topological polar surface area (TPSA) is 178 Å². The number of carbonyl (C=O) groups excluding carboxylic acids is 6. The van der Waals surface area contributed by atoms with E-state index in [1.807, 2.05) is 67.5 Å². The standard InChI is InChI=1S/C45H75N5O10/c1-28(2)19-35-41(53)57-26-40(52)50(14)38(22-31(7)8)44(56)60-45(10,23-33-15-17-34(46)18-16-33)27-48(12)36(20-29(3)4)42(54)58-25-39(51)49(13)37(21-30(5)6)43(55)59-32(9)24-47(35)11/h15-18,28-32,35-38H,19-27,46H2,1-14H3. The number of cyclic esters (lactones) is 4. The van der Waals surface area contributed by atoms with E-state index in [2.05, 4.69) is 0 Å². The number of hydrogen-bond acceptors (Lipinski definition) is 13. The van der Waals surface area contributed by atoms with Crippen molar-refractivity contribution in [1.82, 2.24) is 19.6 Å². The predicted octanol–water partition coefficient (Wildman–Crippen LogP) is 4.58. The van der Waals surface area contributed by atoms with Gasteiger partial charge in [-0.2, -0.15) is 0 Å². The van der Waals surface area contributed by atoms with Gasteiger partial charge >= 0.3 is 23.9 Å². The highest BCUT2D eigenvalue weighted by atomic mass is 16.6. The van der Waals surface area contributed by atoms with E-state index in [0.717, 1.165) is 5.56 Å². The highest BCUT2D eigenvalue weighted by molar-refractivity contribution is 5.88. The molecule has 1 aromatic carbocycles. The quantitative estimate of drug-likeness (QED) is 0.197. The number of ether oxygens (including phenoxy) is 4. The third-order valence-corrected chi connectivity index (χ3v) is 10.7. The van der Waals surface area contributed by atoms with Gasteiger partial charge in [-0.05, 0) is 95.0 Å². The normalized spacial score (nSPS) is 26.3. The molecule has 340 valence electrons. The molecule has 60 heavy (non-hydrogen) atoms. The molecule has 2 N–H and O–H groups in total. The van der Waals surface area contributed by atoms with Crippen LogP contribution in [0.5, 0.6) is 0 Å². The van der Waals surface area contributed by atoms with Crippen molar-refractivity contribution in [3.8, 4) is 0 Å². The maximum Gasteiger partial charge on any atom is 0.329 e. The largest absolute Gasteiger partial charge is 0.460 e. The first-order valence-electron chi connectivity index (χ1n) is 21.4. The summed E-state index contributed by atoms with van der Waals surface area (Å²) in [5.74, 6) is -3.60. The highest BCUT2D eigenvalue weighted by Crippen LogP contribution is 2.26. The Labute approximate surface area is 358 Å². The lowest BCUT2D eigenvalue weighted by Gasteiger charge is -2.39. The average molecular weight is 846 g/mol. The molecule has 1 aliphatic rings. The third kappa shape index (κ3) is 16.7. The molecule has 15 nitrogen and oxygen atoms in total. The Kier molecular flexibility index (Phi) is 20.5. The third-order valence-electron chi connectivity index (χ3n) is 10.7. The van der Waals surface area contributed by atoms with Gasteiger partial charge in [0.1, 0.15) is 35.9 Å². The van der Waals surface area contributed by atoms with Crippen LogP contribution in [0.15, 0.2) is 24.3 Å². The van der Waals surface area contributed by atoms with Crippen molar-refractivity contribution in [2.75, 3.05) is 60.2 Å². The van der Waals surface area contributed by atoms with Gasteiger partial charge in [0.25, 0.3) is 11.8 Å². The maximum absolute atomic E-state index is 14.4. The zero-order valence-corrected chi connectivity index (χ0v) is 38.8. The molecule has 0 aromatic heterocycles. The van der Waals surface area contributed by atoms with Gasteiger partial charge in [0.05, 0.1) is 0 Å². The molecule has 1 saturated heterocycles. The molecule has 1 aliphatic heterocycles. The van der Waals surface area contributed by atoms with Crippen molar-refractivity contribution in [2.24, 2.45) is 23.7 Å². The minimum atomic E-state index is -1.25. The summed E-state index contributed by atoms with van der Waals surface area (Å²) in [6.07, 6.45) is 0.860. The van der Waals surface area contributed by atoms with Gasteiger partial charge in [-0.25, -0.2) is 9.59 Å². The molecule has 1 heterocycles. The molecule has 0 aliphatic carbocycles. The number of nitrogens with two attached hydrogens (primary N) is 1. The molecular formula is C45H75N5O10. The van der Waals surface area contributed by atoms with Gasteiger partial charge in [0.2, 0.25) is 0 Å². The number of hydrogen-bond donors (Lipinski definition) is 1. The summed E-state index contributed by atoms with van der Waals surface area (Å²) in [6.45, 7) is 18.0. The van der Waals surface area contributed by atoms with Crippen molar-refractivity contribution in [3.63, 3.8) is 0 Å². The summed E-state index contributed by atoms with van der Waals surface area (Å²) in [4.78, 5) is 89.0. The molecule has 2 amide bonds. The Morgan fingerprint density at radius 2 is 1.02 bits per heavy atom. The van der Waals surface area contributed by atoms with Crippen LogP contribution in [0.3, 0.4) is 0 Å². The van der Waals surface area contributed by atoms with E-state index in [-0.39, 0.29) is 49.6 Å². The summed E-state index contributed by atoms with van der Waals surface area (Å²) in [5, 5.41) is 0. The molecule has 0 spiro atoms. The highest BCUT2D eigenvalue weighted by Gasteiger charge is 2.40. The van der Waals surface area contributed by atoms with Crippen LogP contribution in [-0.2, 0) is 54.1 Å². The minimum absolute atomic E-state index is 0.0125. The lowest BCUT2D eigenvalue weighted by atomic mass is 9.93. The summed E-state index contributed by atoms with van der Waals surface area (Å²) >= 11 is 0. The van der Waals surface area contributed by atoms with Crippen molar-refractivity contribution < 1.29 is 47.7 Å². The first kappa shape index (κ1) is 51.9. The summed E-state index contributed by atoms with van der Waals surface area (Å²) < 4.78 is 23.6. The number of nitrogen functional groups attached to an aromatic ring is 1. The predicted molar refractivity (Wildman–Crippen MR) is 230 cm³/mol. The molecule has 6 unspecified atom stereocenters. The van der Waals surface area contributed by atoms with Crippen molar-refractivity contribution >= 4 is 41.4 Å². The second-order valence-electron chi connectivity index (χ2n) is 18.7. The first-order valence-corrected chi connectivity index (χ1v) is 21.4. The lowest BCUT2D eigenvalue weighted by molar-refractivity contribution is -0.172. The van der Waals surface area contributed by atoms with E-state index in [1.165, 1.54) is 23.9 Å². The SMILES string of the molecule is CC(C)CC1C(=O)OCC(=O)N(C)C(CC(C)C)C(=O)OC(C)(Cc2ccc(N)cc2)CN(C)C(CC(C)C)C(=O)OCC(=O)N(C)C(CC(C)C)C(=O)OC(C)CN1C. The maximum atomic E-state index is 14.4. The fraction of sp³-hybridized carbons (Fsp3) is 0.733. The van der Waals surface area contributed by atoms with E-state index in [9.17, 15) is 28.8 Å². The molecule has 15 heteroatoms. The molecule has 0 saturated carbocycles. The Balaban J connectivity index is 2.68. The number of rotatable bonds is 10. The fourth-order valence-electron chi connectivity index (χ4n) is 7.52. The number of nitrogens with zero attached hydrogens (tertiary/aromatic N) is 4. The van der Waals surface area contributed by atoms with Crippen LogP contribution in [0.25, 0.3) is 0 Å². The molecular weight excluding hydrogens is 771 g/mol. The Bertz CT molecular complexity index is 1580.